The van der Waals surface area contributed by atoms with Crippen LogP contribution in [-0.2, 0) is 20.8 Å². The van der Waals surface area contributed by atoms with Crippen molar-refractivity contribution < 1.29 is 14.3 Å². The van der Waals surface area contributed by atoms with Crippen molar-refractivity contribution in [2.24, 2.45) is 0 Å². The van der Waals surface area contributed by atoms with E-state index >= 15 is 0 Å². The number of hydrogen-bond acceptors (Lipinski definition) is 7. The maximum absolute atomic E-state index is 13.2. The SMILES string of the molecule is CCOC(=O)Cn1nc(N2CCOCC2)n2c(=O)c(Cl)c(-c3ccc(Cl)cc3)nc12. The molecule has 0 aliphatic carbocycles. The fraction of sp³-hybridized carbons (Fsp3) is 0.368. The molecule has 1 aliphatic heterocycles. The lowest BCUT2D eigenvalue weighted by Crippen LogP contribution is -2.38. The van der Waals surface area contributed by atoms with E-state index in [0.29, 0.717) is 42.8 Å². The normalized spacial score (nSPS) is 14.3. The number of halogens is 2. The summed E-state index contributed by atoms with van der Waals surface area (Å²) in [5.41, 5.74) is 0.445. The zero-order valence-electron chi connectivity index (χ0n) is 16.2. The Labute approximate surface area is 181 Å². The molecular formula is C19H19Cl2N5O4. The standard InChI is InChI=1S/C19H19Cl2N5O4/c1-2-30-14(27)11-25-18-22-16(12-3-5-13(20)6-4-12)15(21)17(28)26(18)19(23-25)24-7-9-29-10-8-24/h3-6H,2,7-11H2,1H3. The topological polar surface area (TPSA) is 91.0 Å². The van der Waals surface area contributed by atoms with Crippen molar-refractivity contribution in [2.75, 3.05) is 37.8 Å². The predicted molar refractivity (Wildman–Crippen MR) is 112 cm³/mol. The van der Waals surface area contributed by atoms with E-state index in [1.165, 1.54) is 9.08 Å². The zero-order valence-corrected chi connectivity index (χ0v) is 17.7. The number of esters is 1. The predicted octanol–water partition coefficient (Wildman–Crippen LogP) is 2.26. The van der Waals surface area contributed by atoms with Crippen molar-refractivity contribution in [1.82, 2.24) is 19.2 Å². The summed E-state index contributed by atoms with van der Waals surface area (Å²) in [7, 11) is 0. The second-order valence-electron chi connectivity index (χ2n) is 6.58. The minimum Gasteiger partial charge on any atom is -0.465 e. The van der Waals surface area contributed by atoms with Crippen LogP contribution < -0.4 is 10.5 Å². The molecule has 0 spiro atoms. The highest BCUT2D eigenvalue weighted by Gasteiger charge is 2.25. The van der Waals surface area contributed by atoms with Gasteiger partial charge in [0.05, 0.1) is 25.5 Å². The summed E-state index contributed by atoms with van der Waals surface area (Å²) in [4.78, 5) is 31.8. The van der Waals surface area contributed by atoms with Crippen LogP contribution in [0.2, 0.25) is 10.0 Å². The lowest BCUT2D eigenvalue weighted by atomic mass is 10.1. The Bertz CT molecular complexity index is 1140. The van der Waals surface area contributed by atoms with Crippen molar-refractivity contribution >= 4 is 40.9 Å². The van der Waals surface area contributed by atoms with Gasteiger partial charge in [0.2, 0.25) is 11.7 Å². The van der Waals surface area contributed by atoms with Crippen LogP contribution in [0.3, 0.4) is 0 Å². The van der Waals surface area contributed by atoms with Crippen LogP contribution in [-0.4, -0.2) is 58.0 Å². The molecule has 1 fully saturated rings. The number of anilines is 1. The summed E-state index contributed by atoms with van der Waals surface area (Å²) >= 11 is 12.4. The van der Waals surface area contributed by atoms with Gasteiger partial charge in [-0.3, -0.25) is 9.59 Å². The smallest absolute Gasteiger partial charge is 0.327 e. The minimum atomic E-state index is -0.478. The third-order valence-electron chi connectivity index (χ3n) is 4.65. The fourth-order valence-corrected chi connectivity index (χ4v) is 3.60. The van der Waals surface area contributed by atoms with E-state index < -0.39 is 11.5 Å². The molecule has 0 amide bonds. The molecule has 1 aromatic carbocycles. The maximum atomic E-state index is 13.2. The second kappa shape index (κ2) is 8.63. The quantitative estimate of drug-likeness (QED) is 0.549. The average Bonchev–Trinajstić information content (AvgIpc) is 3.10. The van der Waals surface area contributed by atoms with Crippen LogP contribution in [0, 0.1) is 0 Å². The van der Waals surface area contributed by atoms with Gasteiger partial charge in [-0.15, -0.1) is 5.10 Å². The molecule has 0 bridgehead atoms. The lowest BCUT2D eigenvalue weighted by molar-refractivity contribution is -0.143. The van der Waals surface area contributed by atoms with Crippen molar-refractivity contribution in [3.05, 3.63) is 44.7 Å². The molecule has 4 rings (SSSR count). The number of aromatic nitrogens is 4. The number of ether oxygens (including phenoxy) is 2. The number of hydrogen-bond donors (Lipinski definition) is 0. The summed E-state index contributed by atoms with van der Waals surface area (Å²) in [6, 6.07) is 6.82. The number of nitrogens with zero attached hydrogens (tertiary/aromatic N) is 5. The second-order valence-corrected chi connectivity index (χ2v) is 7.40. The van der Waals surface area contributed by atoms with Gasteiger partial charge in [0, 0.05) is 23.7 Å². The highest BCUT2D eigenvalue weighted by Crippen LogP contribution is 2.26. The number of morpholine rings is 1. The molecule has 0 N–H and O–H groups in total. The summed E-state index contributed by atoms with van der Waals surface area (Å²) in [6.45, 7) is 3.89. The van der Waals surface area contributed by atoms with Crippen LogP contribution >= 0.6 is 23.2 Å². The first-order valence-corrected chi connectivity index (χ1v) is 10.2. The van der Waals surface area contributed by atoms with E-state index in [0.717, 1.165) is 0 Å². The summed E-state index contributed by atoms with van der Waals surface area (Å²) < 4.78 is 13.1. The number of benzene rings is 1. The summed E-state index contributed by atoms with van der Waals surface area (Å²) in [5.74, 6) is 0.0804. The van der Waals surface area contributed by atoms with Gasteiger partial charge in [0.15, 0.2) is 0 Å². The largest absolute Gasteiger partial charge is 0.465 e. The van der Waals surface area contributed by atoms with Gasteiger partial charge in [0.25, 0.3) is 5.56 Å². The maximum Gasteiger partial charge on any atom is 0.327 e. The van der Waals surface area contributed by atoms with Crippen LogP contribution in [0.1, 0.15) is 6.92 Å². The van der Waals surface area contributed by atoms with E-state index in [-0.39, 0.29) is 29.6 Å². The molecule has 3 aromatic rings. The Morgan fingerprint density at radius 2 is 1.90 bits per heavy atom. The van der Waals surface area contributed by atoms with Gasteiger partial charge in [-0.25, -0.2) is 14.1 Å². The van der Waals surface area contributed by atoms with Crippen LogP contribution in [0.15, 0.2) is 29.1 Å². The Kier molecular flexibility index (Phi) is 5.94. The van der Waals surface area contributed by atoms with E-state index in [2.05, 4.69) is 10.1 Å². The summed E-state index contributed by atoms with van der Waals surface area (Å²) in [6.07, 6.45) is 0. The van der Waals surface area contributed by atoms with Crippen molar-refractivity contribution in [1.29, 1.82) is 0 Å². The van der Waals surface area contributed by atoms with Crippen LogP contribution in [0.25, 0.3) is 17.0 Å². The third-order valence-corrected chi connectivity index (χ3v) is 5.24. The van der Waals surface area contributed by atoms with E-state index in [4.69, 9.17) is 32.7 Å². The molecule has 1 saturated heterocycles. The Hall–Kier alpha value is -2.62. The molecule has 1 aliphatic rings. The first kappa shape index (κ1) is 20.6. The van der Waals surface area contributed by atoms with Crippen LogP contribution in [0.4, 0.5) is 5.95 Å². The van der Waals surface area contributed by atoms with E-state index in [1.807, 2.05) is 4.90 Å². The molecule has 2 aromatic heterocycles. The molecule has 158 valence electrons. The number of fused-ring (bicyclic) bond motifs is 1. The lowest BCUT2D eigenvalue weighted by Gasteiger charge is -2.26. The van der Waals surface area contributed by atoms with Crippen molar-refractivity contribution in [2.45, 2.75) is 13.5 Å². The van der Waals surface area contributed by atoms with Gasteiger partial charge in [-0.2, -0.15) is 0 Å². The summed E-state index contributed by atoms with van der Waals surface area (Å²) in [5, 5.41) is 5.00. The molecule has 11 heteroatoms. The van der Waals surface area contributed by atoms with Gasteiger partial charge in [-0.1, -0.05) is 35.3 Å². The fourth-order valence-electron chi connectivity index (χ4n) is 3.24. The van der Waals surface area contributed by atoms with Crippen LogP contribution in [0.5, 0.6) is 0 Å². The first-order valence-electron chi connectivity index (χ1n) is 9.43. The van der Waals surface area contributed by atoms with Crippen molar-refractivity contribution in [3.8, 4) is 11.3 Å². The minimum absolute atomic E-state index is 0.0417. The van der Waals surface area contributed by atoms with E-state index in [9.17, 15) is 9.59 Å². The van der Waals surface area contributed by atoms with Gasteiger partial charge >= 0.3 is 5.97 Å². The first-order chi connectivity index (χ1) is 14.5. The van der Waals surface area contributed by atoms with Gasteiger partial charge in [-0.05, 0) is 19.1 Å². The highest BCUT2D eigenvalue weighted by molar-refractivity contribution is 6.33. The Morgan fingerprint density at radius 3 is 2.57 bits per heavy atom. The average molecular weight is 452 g/mol. The Balaban J connectivity index is 1.91. The molecule has 3 heterocycles. The third kappa shape index (κ3) is 3.88. The molecular weight excluding hydrogens is 433 g/mol. The number of carbonyl (C=O) groups is 1. The van der Waals surface area contributed by atoms with Crippen molar-refractivity contribution in [3.63, 3.8) is 0 Å². The monoisotopic (exact) mass is 451 g/mol. The van der Waals surface area contributed by atoms with Gasteiger partial charge < -0.3 is 14.4 Å². The molecule has 0 atom stereocenters. The molecule has 9 nitrogen and oxygen atoms in total. The molecule has 30 heavy (non-hydrogen) atoms. The number of rotatable bonds is 5. The number of carbonyl (C=O) groups excluding carboxylic acids is 1. The van der Waals surface area contributed by atoms with E-state index in [1.54, 1.807) is 31.2 Å². The molecule has 0 saturated carbocycles. The molecule has 0 unspecified atom stereocenters. The molecule has 0 radical (unpaired) electrons. The Morgan fingerprint density at radius 1 is 1.20 bits per heavy atom. The highest BCUT2D eigenvalue weighted by atomic mass is 35.5. The van der Waals surface area contributed by atoms with Gasteiger partial charge in [0.1, 0.15) is 11.6 Å². The zero-order chi connectivity index (χ0) is 21.3.